The minimum absolute atomic E-state index is 0.0713. The van der Waals surface area contributed by atoms with Gasteiger partial charge in [-0.1, -0.05) is 0 Å². The molecule has 0 aliphatic heterocycles. The summed E-state index contributed by atoms with van der Waals surface area (Å²) in [6.45, 7) is 2.48. The summed E-state index contributed by atoms with van der Waals surface area (Å²) in [7, 11) is 0. The van der Waals surface area contributed by atoms with Gasteiger partial charge in [-0.3, -0.25) is 15.1 Å². The molecule has 0 aliphatic rings. The summed E-state index contributed by atoms with van der Waals surface area (Å²) in [5, 5.41) is 14.7. The van der Waals surface area contributed by atoms with Crippen LogP contribution in [0.15, 0.2) is 30.5 Å². The lowest BCUT2D eigenvalue weighted by Crippen LogP contribution is -2.02. The quantitative estimate of drug-likeness (QED) is 0.394. The number of pyridine rings is 1. The fraction of sp³-hybridized carbons (Fsp3) is 0.214. The van der Waals surface area contributed by atoms with Gasteiger partial charge < -0.3 is 5.32 Å². The van der Waals surface area contributed by atoms with E-state index in [0.717, 1.165) is 12.1 Å². The zero-order valence-electron chi connectivity index (χ0n) is 10.5. The number of nitro groups is 1. The first-order valence-corrected chi connectivity index (χ1v) is 5.89. The summed E-state index contributed by atoms with van der Waals surface area (Å²) in [5.41, 5.74) is 1.47. The summed E-state index contributed by atoms with van der Waals surface area (Å²) in [5.74, 6) is 5.78. The van der Waals surface area contributed by atoms with Crippen LogP contribution in [0.3, 0.4) is 0 Å². The van der Waals surface area contributed by atoms with Crippen LogP contribution in [-0.4, -0.2) is 16.5 Å². The van der Waals surface area contributed by atoms with Crippen LogP contribution in [0.5, 0.6) is 0 Å². The number of benzene rings is 1. The van der Waals surface area contributed by atoms with E-state index in [0.29, 0.717) is 17.4 Å². The number of aromatic nitrogens is 1. The Labute approximate surface area is 110 Å². The Kier molecular flexibility index (Phi) is 3.94. The first-order chi connectivity index (χ1) is 9.24. The van der Waals surface area contributed by atoms with E-state index >= 15 is 0 Å². The highest BCUT2D eigenvalue weighted by Crippen LogP contribution is 2.29. The zero-order valence-corrected chi connectivity index (χ0v) is 10.5. The molecule has 0 unspecified atom stereocenters. The molecule has 0 spiro atoms. The van der Waals surface area contributed by atoms with Crippen molar-refractivity contribution in [3.8, 4) is 11.8 Å². The smallest absolute Gasteiger partial charge is 0.278 e. The maximum atomic E-state index is 11.0. The molecule has 1 aromatic carbocycles. The predicted molar refractivity (Wildman–Crippen MR) is 75.0 cm³/mol. The molecule has 0 bridgehead atoms. The van der Waals surface area contributed by atoms with Crippen molar-refractivity contribution in [3.05, 3.63) is 40.6 Å². The summed E-state index contributed by atoms with van der Waals surface area (Å²) < 4.78 is 0. The van der Waals surface area contributed by atoms with E-state index in [9.17, 15) is 10.1 Å². The Balaban J connectivity index is 2.37. The average molecular weight is 255 g/mol. The predicted octanol–water partition coefficient (Wildman–Crippen LogP) is 2.97. The van der Waals surface area contributed by atoms with Crippen LogP contribution in [0.2, 0.25) is 0 Å². The molecule has 96 valence electrons. The monoisotopic (exact) mass is 255 g/mol. The first-order valence-electron chi connectivity index (χ1n) is 5.89. The van der Waals surface area contributed by atoms with Gasteiger partial charge in [0.25, 0.3) is 5.69 Å². The zero-order chi connectivity index (χ0) is 13.7. The minimum atomic E-state index is -0.393. The lowest BCUT2D eigenvalue weighted by molar-refractivity contribution is -0.383. The molecule has 0 saturated heterocycles. The third-order valence-corrected chi connectivity index (χ3v) is 2.69. The highest BCUT2D eigenvalue weighted by atomic mass is 16.6. The third-order valence-electron chi connectivity index (χ3n) is 2.69. The van der Waals surface area contributed by atoms with Crippen molar-refractivity contribution >= 4 is 22.3 Å². The maximum Gasteiger partial charge on any atom is 0.278 e. The summed E-state index contributed by atoms with van der Waals surface area (Å²) >= 11 is 0. The number of nitro benzene ring substituents is 1. The van der Waals surface area contributed by atoms with Gasteiger partial charge in [0.1, 0.15) is 5.52 Å². The van der Waals surface area contributed by atoms with Gasteiger partial charge >= 0.3 is 0 Å². The topological polar surface area (TPSA) is 68.1 Å². The Bertz CT molecular complexity index is 671. The van der Waals surface area contributed by atoms with Gasteiger partial charge in [-0.25, -0.2) is 0 Å². The number of hydrogen-bond donors (Lipinski definition) is 1. The number of hydrogen-bond acceptors (Lipinski definition) is 4. The van der Waals surface area contributed by atoms with E-state index in [1.807, 2.05) is 0 Å². The standard InChI is InChI=1S/C14H13N3O2/c1-2-3-4-9-15-12-7-8-13(17(18)19)11-6-5-10-16-14(11)12/h5-8,10,15H,4,9H2,1H3. The average Bonchev–Trinajstić information content (AvgIpc) is 2.43. The van der Waals surface area contributed by atoms with Crippen LogP contribution in [-0.2, 0) is 0 Å². The maximum absolute atomic E-state index is 11.0. The van der Waals surface area contributed by atoms with Crippen molar-refractivity contribution in [1.29, 1.82) is 0 Å². The summed E-state index contributed by atoms with van der Waals surface area (Å²) in [4.78, 5) is 14.8. The molecule has 0 fully saturated rings. The largest absolute Gasteiger partial charge is 0.382 e. The van der Waals surface area contributed by atoms with Crippen LogP contribution in [0.1, 0.15) is 13.3 Å². The molecule has 0 saturated carbocycles. The second-order valence-corrected chi connectivity index (χ2v) is 3.89. The molecule has 2 rings (SSSR count). The molecule has 1 heterocycles. The molecular formula is C14H13N3O2. The Morgan fingerprint density at radius 3 is 3.00 bits per heavy atom. The molecule has 2 aromatic rings. The van der Waals surface area contributed by atoms with Crippen LogP contribution in [0.25, 0.3) is 10.9 Å². The van der Waals surface area contributed by atoms with Gasteiger partial charge in [0, 0.05) is 25.2 Å². The van der Waals surface area contributed by atoms with Crippen molar-refractivity contribution in [3.63, 3.8) is 0 Å². The molecule has 1 N–H and O–H groups in total. The van der Waals surface area contributed by atoms with E-state index in [2.05, 4.69) is 22.1 Å². The number of non-ortho nitro benzene ring substituents is 1. The highest BCUT2D eigenvalue weighted by Gasteiger charge is 2.14. The van der Waals surface area contributed by atoms with Crippen LogP contribution in [0.4, 0.5) is 11.4 Å². The van der Waals surface area contributed by atoms with Crippen molar-refractivity contribution in [2.75, 3.05) is 11.9 Å². The van der Waals surface area contributed by atoms with Gasteiger partial charge in [-0.05, 0) is 25.1 Å². The van der Waals surface area contributed by atoms with Crippen LogP contribution in [0, 0.1) is 22.0 Å². The van der Waals surface area contributed by atoms with E-state index in [1.165, 1.54) is 6.07 Å². The van der Waals surface area contributed by atoms with E-state index in [4.69, 9.17) is 0 Å². The number of nitrogens with one attached hydrogen (secondary N) is 1. The fourth-order valence-corrected chi connectivity index (χ4v) is 1.84. The molecule has 0 amide bonds. The lowest BCUT2D eigenvalue weighted by Gasteiger charge is -2.07. The third kappa shape index (κ3) is 2.80. The van der Waals surface area contributed by atoms with Crippen molar-refractivity contribution in [2.24, 2.45) is 0 Å². The van der Waals surface area contributed by atoms with Gasteiger partial charge in [0.2, 0.25) is 0 Å². The SMILES string of the molecule is CC#CCCNc1ccc([N+](=O)[O-])c2cccnc12. The van der Waals surface area contributed by atoms with Crippen LogP contribution < -0.4 is 5.32 Å². The van der Waals surface area contributed by atoms with Crippen molar-refractivity contribution in [2.45, 2.75) is 13.3 Å². The number of rotatable bonds is 4. The van der Waals surface area contributed by atoms with Crippen LogP contribution >= 0.6 is 0 Å². The van der Waals surface area contributed by atoms with Crippen molar-refractivity contribution in [1.82, 2.24) is 4.98 Å². The number of nitrogens with zero attached hydrogens (tertiary/aromatic N) is 2. The molecule has 5 heteroatoms. The highest BCUT2D eigenvalue weighted by molar-refractivity contribution is 5.96. The molecule has 0 atom stereocenters. The molecule has 0 radical (unpaired) electrons. The second-order valence-electron chi connectivity index (χ2n) is 3.89. The number of fused-ring (bicyclic) bond motifs is 1. The first kappa shape index (κ1) is 12.8. The molecule has 19 heavy (non-hydrogen) atoms. The fourth-order valence-electron chi connectivity index (χ4n) is 1.84. The van der Waals surface area contributed by atoms with E-state index < -0.39 is 4.92 Å². The van der Waals surface area contributed by atoms with E-state index in [-0.39, 0.29) is 5.69 Å². The summed E-state index contributed by atoms with van der Waals surface area (Å²) in [6.07, 6.45) is 2.35. The second kappa shape index (κ2) is 5.83. The molecule has 0 aliphatic carbocycles. The summed E-state index contributed by atoms with van der Waals surface area (Å²) in [6, 6.07) is 6.59. The molecule has 5 nitrogen and oxygen atoms in total. The minimum Gasteiger partial charge on any atom is -0.382 e. The van der Waals surface area contributed by atoms with Gasteiger partial charge in [-0.15, -0.1) is 11.8 Å². The normalized spacial score (nSPS) is 9.74. The lowest BCUT2D eigenvalue weighted by atomic mass is 10.1. The van der Waals surface area contributed by atoms with E-state index in [1.54, 1.807) is 31.3 Å². The Hall–Kier alpha value is -2.61. The number of anilines is 1. The van der Waals surface area contributed by atoms with Gasteiger partial charge in [-0.2, -0.15) is 0 Å². The molecular weight excluding hydrogens is 242 g/mol. The Morgan fingerprint density at radius 2 is 2.26 bits per heavy atom. The molecule has 1 aromatic heterocycles. The van der Waals surface area contributed by atoms with Crippen molar-refractivity contribution < 1.29 is 4.92 Å². The Morgan fingerprint density at radius 1 is 1.42 bits per heavy atom. The van der Waals surface area contributed by atoms with Gasteiger partial charge in [0.15, 0.2) is 0 Å². The van der Waals surface area contributed by atoms with Gasteiger partial charge in [0.05, 0.1) is 16.0 Å².